The van der Waals surface area contributed by atoms with E-state index in [1.54, 1.807) is 17.8 Å². The van der Waals surface area contributed by atoms with Gasteiger partial charge in [0.25, 0.3) is 0 Å². The maximum Gasteiger partial charge on any atom is 0.246 e. The molecule has 2 aromatic carbocycles. The first-order valence-corrected chi connectivity index (χ1v) is 10.3. The van der Waals surface area contributed by atoms with Crippen molar-refractivity contribution >= 4 is 23.7 Å². The highest BCUT2D eigenvalue weighted by atomic mass is 32.2. The van der Waals surface area contributed by atoms with Gasteiger partial charge in [-0.3, -0.25) is 4.79 Å². The minimum absolute atomic E-state index is 0.0834. The summed E-state index contributed by atoms with van der Waals surface area (Å²) in [4.78, 5) is 15.7. The zero-order chi connectivity index (χ0) is 18.0. The maximum atomic E-state index is 12.5. The second-order valence-electron chi connectivity index (χ2n) is 6.87. The maximum absolute atomic E-state index is 12.5. The van der Waals surface area contributed by atoms with E-state index in [4.69, 9.17) is 4.74 Å². The van der Waals surface area contributed by atoms with Crippen LogP contribution in [0.25, 0.3) is 6.08 Å². The molecule has 0 saturated carbocycles. The minimum atomic E-state index is -0.190. The number of rotatable bonds is 3. The Balaban J connectivity index is 1.39. The number of hydrogen-bond acceptors (Lipinski definition) is 3. The normalized spacial score (nSPS) is 18.4. The standard InChI is InChI=1S/C22H23NO2S/c1-26-19-9-6-17(7-10-19)8-11-21(24)23-14-12-22(13-15-23)20-5-3-2-4-18(20)16-25-22/h2-11H,12-16H2,1H3/b11-8+. The molecule has 1 saturated heterocycles. The minimum Gasteiger partial charge on any atom is -0.365 e. The molecule has 2 aliphatic rings. The van der Waals surface area contributed by atoms with E-state index < -0.39 is 0 Å². The number of ether oxygens (including phenoxy) is 1. The molecular formula is C22H23NO2S. The van der Waals surface area contributed by atoms with Crippen molar-refractivity contribution in [2.24, 2.45) is 0 Å². The van der Waals surface area contributed by atoms with Crippen LogP contribution < -0.4 is 0 Å². The molecule has 0 N–H and O–H groups in total. The van der Waals surface area contributed by atoms with Crippen LogP contribution >= 0.6 is 11.8 Å². The van der Waals surface area contributed by atoms with Gasteiger partial charge < -0.3 is 9.64 Å². The predicted molar refractivity (Wildman–Crippen MR) is 106 cm³/mol. The quantitative estimate of drug-likeness (QED) is 0.594. The molecule has 2 heterocycles. The highest BCUT2D eigenvalue weighted by Crippen LogP contribution is 2.43. The SMILES string of the molecule is CSc1ccc(/C=C/C(=O)N2CCC3(CC2)OCc2ccccc23)cc1. The lowest BCUT2D eigenvalue weighted by molar-refractivity contribution is -0.133. The fraction of sp³-hybridized carbons (Fsp3) is 0.318. The molecule has 1 amide bonds. The topological polar surface area (TPSA) is 29.5 Å². The first-order chi connectivity index (χ1) is 12.7. The molecule has 4 heteroatoms. The number of fused-ring (bicyclic) bond motifs is 2. The van der Waals surface area contributed by atoms with E-state index in [0.29, 0.717) is 6.61 Å². The third kappa shape index (κ3) is 3.31. The Hall–Kier alpha value is -2.04. The average Bonchev–Trinajstić information content (AvgIpc) is 3.05. The third-order valence-corrected chi connectivity index (χ3v) is 6.17. The van der Waals surface area contributed by atoms with Gasteiger partial charge in [-0.2, -0.15) is 0 Å². The molecule has 0 atom stereocenters. The molecule has 26 heavy (non-hydrogen) atoms. The lowest BCUT2D eigenvalue weighted by Gasteiger charge is -2.39. The molecule has 3 nitrogen and oxygen atoms in total. The Kier molecular flexibility index (Phi) is 4.88. The zero-order valence-electron chi connectivity index (χ0n) is 15.0. The Labute approximate surface area is 159 Å². The summed E-state index contributed by atoms with van der Waals surface area (Å²) in [6.07, 6.45) is 7.38. The molecule has 0 radical (unpaired) electrons. The summed E-state index contributed by atoms with van der Waals surface area (Å²) in [5.41, 5.74) is 3.47. The highest BCUT2D eigenvalue weighted by molar-refractivity contribution is 7.98. The number of benzene rings is 2. The van der Waals surface area contributed by atoms with Gasteiger partial charge in [0.05, 0.1) is 12.2 Å². The summed E-state index contributed by atoms with van der Waals surface area (Å²) < 4.78 is 6.17. The van der Waals surface area contributed by atoms with E-state index >= 15 is 0 Å². The van der Waals surface area contributed by atoms with E-state index in [2.05, 4.69) is 42.7 Å². The van der Waals surface area contributed by atoms with E-state index in [1.807, 2.05) is 23.1 Å². The van der Waals surface area contributed by atoms with Gasteiger partial charge in [-0.05, 0) is 54.0 Å². The van der Waals surface area contributed by atoms with Crippen LogP contribution in [0.15, 0.2) is 59.5 Å². The van der Waals surface area contributed by atoms with Crippen molar-refractivity contribution in [1.29, 1.82) is 0 Å². The van der Waals surface area contributed by atoms with Gasteiger partial charge in [-0.15, -0.1) is 11.8 Å². The van der Waals surface area contributed by atoms with Gasteiger partial charge in [0.2, 0.25) is 5.91 Å². The van der Waals surface area contributed by atoms with Gasteiger partial charge in [0, 0.05) is 24.1 Å². The summed E-state index contributed by atoms with van der Waals surface area (Å²) >= 11 is 1.72. The lowest BCUT2D eigenvalue weighted by Crippen LogP contribution is -2.44. The monoisotopic (exact) mass is 365 g/mol. The van der Waals surface area contributed by atoms with Crippen molar-refractivity contribution in [1.82, 2.24) is 4.90 Å². The number of thioether (sulfide) groups is 1. The third-order valence-electron chi connectivity index (χ3n) is 5.43. The largest absolute Gasteiger partial charge is 0.365 e. The van der Waals surface area contributed by atoms with Crippen LogP contribution in [0.4, 0.5) is 0 Å². The number of amides is 1. The van der Waals surface area contributed by atoms with Gasteiger partial charge in [0.1, 0.15) is 0 Å². The number of piperidine rings is 1. The second-order valence-corrected chi connectivity index (χ2v) is 7.75. The first-order valence-electron chi connectivity index (χ1n) is 9.04. The Morgan fingerprint density at radius 2 is 1.85 bits per heavy atom. The van der Waals surface area contributed by atoms with Gasteiger partial charge in [-0.25, -0.2) is 0 Å². The summed E-state index contributed by atoms with van der Waals surface area (Å²) in [6.45, 7) is 2.17. The number of likely N-dealkylation sites (tertiary alicyclic amines) is 1. The molecular weight excluding hydrogens is 342 g/mol. The molecule has 134 valence electrons. The Morgan fingerprint density at radius 3 is 2.58 bits per heavy atom. The first kappa shape index (κ1) is 17.4. The molecule has 0 aliphatic carbocycles. The number of carbonyl (C=O) groups excluding carboxylic acids is 1. The van der Waals surface area contributed by atoms with E-state index in [-0.39, 0.29) is 11.5 Å². The van der Waals surface area contributed by atoms with Crippen molar-refractivity contribution < 1.29 is 9.53 Å². The predicted octanol–water partition coefficient (Wildman–Crippen LogP) is 4.47. The number of carbonyl (C=O) groups is 1. The van der Waals surface area contributed by atoms with E-state index in [0.717, 1.165) is 31.5 Å². The van der Waals surface area contributed by atoms with Crippen LogP contribution in [0.2, 0.25) is 0 Å². The van der Waals surface area contributed by atoms with E-state index in [9.17, 15) is 4.79 Å². The van der Waals surface area contributed by atoms with Crippen molar-refractivity contribution in [2.75, 3.05) is 19.3 Å². The summed E-state index contributed by atoms with van der Waals surface area (Å²) in [6, 6.07) is 16.7. The fourth-order valence-corrected chi connectivity index (χ4v) is 4.28. The smallest absolute Gasteiger partial charge is 0.246 e. The van der Waals surface area contributed by atoms with Gasteiger partial charge in [0.15, 0.2) is 0 Å². The van der Waals surface area contributed by atoms with Gasteiger partial charge >= 0.3 is 0 Å². The van der Waals surface area contributed by atoms with Crippen molar-refractivity contribution in [2.45, 2.75) is 29.9 Å². The lowest BCUT2D eigenvalue weighted by atomic mass is 9.84. The molecule has 2 aromatic rings. The summed E-state index contributed by atoms with van der Waals surface area (Å²) in [7, 11) is 0. The molecule has 1 spiro atoms. The van der Waals surface area contributed by atoms with Gasteiger partial charge in [-0.1, -0.05) is 36.4 Å². The van der Waals surface area contributed by atoms with Crippen molar-refractivity contribution in [3.05, 3.63) is 71.3 Å². The average molecular weight is 365 g/mol. The summed E-state index contributed by atoms with van der Waals surface area (Å²) in [5.74, 6) is 0.0834. The van der Waals surface area contributed by atoms with Crippen LogP contribution in [0.3, 0.4) is 0 Å². The van der Waals surface area contributed by atoms with Crippen LogP contribution in [0, 0.1) is 0 Å². The zero-order valence-corrected chi connectivity index (χ0v) is 15.8. The molecule has 1 fully saturated rings. The molecule has 0 unspecified atom stereocenters. The highest BCUT2D eigenvalue weighted by Gasteiger charge is 2.42. The van der Waals surface area contributed by atoms with Crippen molar-refractivity contribution in [3.8, 4) is 0 Å². The second kappa shape index (κ2) is 7.29. The molecule has 0 aromatic heterocycles. The molecule has 4 rings (SSSR count). The summed E-state index contributed by atoms with van der Waals surface area (Å²) in [5, 5.41) is 0. The molecule has 0 bridgehead atoms. The van der Waals surface area contributed by atoms with Crippen LogP contribution in [0.5, 0.6) is 0 Å². The number of nitrogens with zero attached hydrogens (tertiary/aromatic N) is 1. The van der Waals surface area contributed by atoms with Crippen molar-refractivity contribution in [3.63, 3.8) is 0 Å². The fourth-order valence-electron chi connectivity index (χ4n) is 3.87. The molecule has 2 aliphatic heterocycles. The van der Waals surface area contributed by atoms with E-state index in [1.165, 1.54) is 16.0 Å². The Bertz CT molecular complexity index is 820. The van der Waals surface area contributed by atoms with Crippen LogP contribution in [-0.2, 0) is 21.7 Å². The van der Waals surface area contributed by atoms with Crippen LogP contribution in [0.1, 0.15) is 29.5 Å². The van der Waals surface area contributed by atoms with Crippen LogP contribution in [-0.4, -0.2) is 30.2 Å². The Morgan fingerprint density at radius 1 is 1.12 bits per heavy atom. The number of hydrogen-bond donors (Lipinski definition) is 0.